The van der Waals surface area contributed by atoms with Crippen molar-refractivity contribution in [3.8, 4) is 0 Å². The van der Waals surface area contributed by atoms with Gasteiger partial charge in [-0.15, -0.1) is 0 Å². The van der Waals surface area contributed by atoms with Crippen LogP contribution in [0, 0.1) is 23.4 Å². The summed E-state index contributed by atoms with van der Waals surface area (Å²) in [4.78, 5) is 0. The molecule has 0 aliphatic rings. The SMILES string of the molecule is CCC(C)C(N)c1cc(F)c(F)cc1F. The van der Waals surface area contributed by atoms with Gasteiger partial charge >= 0.3 is 0 Å². The summed E-state index contributed by atoms with van der Waals surface area (Å²) in [6, 6.07) is 0.763. The molecule has 0 fully saturated rings. The second kappa shape index (κ2) is 4.66. The van der Waals surface area contributed by atoms with Gasteiger partial charge in [-0.2, -0.15) is 0 Å². The lowest BCUT2D eigenvalue weighted by atomic mass is 9.93. The van der Waals surface area contributed by atoms with E-state index in [0.29, 0.717) is 6.07 Å². The molecule has 0 saturated heterocycles. The van der Waals surface area contributed by atoms with E-state index in [9.17, 15) is 13.2 Å². The van der Waals surface area contributed by atoms with Crippen molar-refractivity contribution < 1.29 is 13.2 Å². The minimum atomic E-state index is -1.19. The van der Waals surface area contributed by atoms with Crippen molar-refractivity contribution in [3.05, 3.63) is 35.1 Å². The van der Waals surface area contributed by atoms with Crippen LogP contribution in [-0.2, 0) is 0 Å². The van der Waals surface area contributed by atoms with Gasteiger partial charge in [-0.3, -0.25) is 0 Å². The molecule has 0 spiro atoms. The Labute approximate surface area is 87.1 Å². The molecule has 2 unspecified atom stereocenters. The van der Waals surface area contributed by atoms with Crippen LogP contribution in [0.4, 0.5) is 13.2 Å². The first-order chi connectivity index (χ1) is 6.97. The lowest BCUT2D eigenvalue weighted by Crippen LogP contribution is -2.20. The predicted octanol–water partition coefficient (Wildman–Crippen LogP) is 3.15. The van der Waals surface area contributed by atoms with Crippen LogP contribution in [0.3, 0.4) is 0 Å². The molecular weight excluding hydrogens is 203 g/mol. The summed E-state index contributed by atoms with van der Waals surface area (Å²) >= 11 is 0. The Morgan fingerprint density at radius 1 is 1.13 bits per heavy atom. The van der Waals surface area contributed by atoms with Crippen molar-refractivity contribution in [2.75, 3.05) is 0 Å². The van der Waals surface area contributed by atoms with Gasteiger partial charge < -0.3 is 5.73 Å². The Morgan fingerprint density at radius 3 is 2.20 bits per heavy atom. The van der Waals surface area contributed by atoms with Crippen LogP contribution in [0.2, 0.25) is 0 Å². The second-order valence-electron chi connectivity index (χ2n) is 3.70. The van der Waals surface area contributed by atoms with E-state index in [4.69, 9.17) is 5.73 Å². The monoisotopic (exact) mass is 217 g/mol. The van der Waals surface area contributed by atoms with Crippen molar-refractivity contribution in [3.63, 3.8) is 0 Å². The van der Waals surface area contributed by atoms with Gasteiger partial charge in [-0.05, 0) is 12.0 Å². The van der Waals surface area contributed by atoms with Gasteiger partial charge in [0.15, 0.2) is 11.6 Å². The Morgan fingerprint density at radius 2 is 1.67 bits per heavy atom. The molecule has 0 bridgehead atoms. The molecule has 15 heavy (non-hydrogen) atoms. The van der Waals surface area contributed by atoms with Gasteiger partial charge in [0.1, 0.15) is 5.82 Å². The normalized spacial score (nSPS) is 15.1. The number of benzene rings is 1. The lowest BCUT2D eigenvalue weighted by molar-refractivity contribution is 0.427. The molecular formula is C11H14F3N. The molecule has 1 aromatic carbocycles. The summed E-state index contributed by atoms with van der Waals surface area (Å²) in [5.74, 6) is -3.02. The fourth-order valence-corrected chi connectivity index (χ4v) is 1.35. The third kappa shape index (κ3) is 2.50. The zero-order valence-electron chi connectivity index (χ0n) is 8.73. The van der Waals surface area contributed by atoms with Crippen molar-refractivity contribution in [2.24, 2.45) is 11.7 Å². The molecule has 0 aliphatic heterocycles. The standard InChI is InChI=1S/C11H14F3N/c1-3-6(2)11(15)7-4-9(13)10(14)5-8(7)12/h4-6,11H,3,15H2,1-2H3. The molecule has 0 aromatic heterocycles. The molecule has 0 radical (unpaired) electrons. The average Bonchev–Trinajstić information content (AvgIpc) is 2.21. The first kappa shape index (κ1) is 12.0. The van der Waals surface area contributed by atoms with E-state index in [-0.39, 0.29) is 11.5 Å². The average molecular weight is 217 g/mol. The fourth-order valence-electron chi connectivity index (χ4n) is 1.35. The Hall–Kier alpha value is -1.03. The first-order valence-corrected chi connectivity index (χ1v) is 4.87. The molecule has 2 atom stereocenters. The van der Waals surface area contributed by atoms with Crippen molar-refractivity contribution >= 4 is 0 Å². The van der Waals surface area contributed by atoms with Gasteiger partial charge in [0, 0.05) is 17.7 Å². The van der Waals surface area contributed by atoms with Crippen LogP contribution in [0.25, 0.3) is 0 Å². The quantitative estimate of drug-likeness (QED) is 0.773. The molecule has 1 rings (SSSR count). The molecule has 1 nitrogen and oxygen atoms in total. The summed E-state index contributed by atoms with van der Waals surface area (Å²) in [7, 11) is 0. The fraction of sp³-hybridized carbons (Fsp3) is 0.455. The number of rotatable bonds is 3. The smallest absolute Gasteiger partial charge is 0.161 e. The predicted molar refractivity (Wildman–Crippen MR) is 52.7 cm³/mol. The van der Waals surface area contributed by atoms with E-state index in [1.807, 2.05) is 13.8 Å². The molecule has 0 saturated carbocycles. The highest BCUT2D eigenvalue weighted by Crippen LogP contribution is 2.25. The summed E-state index contributed by atoms with van der Waals surface area (Å²) in [6.07, 6.45) is 0.750. The Bertz CT molecular complexity index is 352. The molecule has 0 amide bonds. The van der Waals surface area contributed by atoms with E-state index < -0.39 is 23.5 Å². The molecule has 0 aliphatic carbocycles. The van der Waals surface area contributed by atoms with Crippen LogP contribution < -0.4 is 5.73 Å². The molecule has 1 aromatic rings. The number of nitrogens with two attached hydrogens (primary N) is 1. The van der Waals surface area contributed by atoms with E-state index >= 15 is 0 Å². The van der Waals surface area contributed by atoms with Gasteiger partial charge in [0.2, 0.25) is 0 Å². The molecule has 4 heteroatoms. The Kier molecular flexibility index (Phi) is 3.74. The summed E-state index contributed by atoms with van der Waals surface area (Å²) in [6.45, 7) is 3.74. The van der Waals surface area contributed by atoms with Crippen LogP contribution in [0.15, 0.2) is 12.1 Å². The second-order valence-corrected chi connectivity index (χ2v) is 3.70. The highest BCUT2D eigenvalue weighted by Gasteiger charge is 2.19. The first-order valence-electron chi connectivity index (χ1n) is 4.87. The number of hydrogen-bond donors (Lipinski definition) is 1. The zero-order valence-corrected chi connectivity index (χ0v) is 8.73. The topological polar surface area (TPSA) is 26.0 Å². The number of halogens is 3. The van der Waals surface area contributed by atoms with Gasteiger partial charge in [-0.1, -0.05) is 20.3 Å². The van der Waals surface area contributed by atoms with Crippen LogP contribution in [0.1, 0.15) is 31.9 Å². The molecule has 0 heterocycles. The third-order valence-corrected chi connectivity index (χ3v) is 2.66. The van der Waals surface area contributed by atoms with E-state index in [0.717, 1.165) is 12.5 Å². The van der Waals surface area contributed by atoms with Crippen LogP contribution in [-0.4, -0.2) is 0 Å². The van der Waals surface area contributed by atoms with Gasteiger partial charge in [0.05, 0.1) is 0 Å². The lowest BCUT2D eigenvalue weighted by Gasteiger charge is -2.19. The minimum absolute atomic E-state index is 0.0179. The summed E-state index contributed by atoms with van der Waals surface area (Å²) in [5, 5.41) is 0. The van der Waals surface area contributed by atoms with E-state index in [2.05, 4.69) is 0 Å². The van der Waals surface area contributed by atoms with Gasteiger partial charge in [0.25, 0.3) is 0 Å². The van der Waals surface area contributed by atoms with Crippen LogP contribution in [0.5, 0.6) is 0 Å². The van der Waals surface area contributed by atoms with Crippen molar-refractivity contribution in [2.45, 2.75) is 26.3 Å². The van der Waals surface area contributed by atoms with Gasteiger partial charge in [-0.25, -0.2) is 13.2 Å². The summed E-state index contributed by atoms with van der Waals surface area (Å²) < 4.78 is 38.8. The van der Waals surface area contributed by atoms with Crippen molar-refractivity contribution in [1.29, 1.82) is 0 Å². The maximum atomic E-state index is 13.3. The maximum Gasteiger partial charge on any atom is 0.161 e. The largest absolute Gasteiger partial charge is 0.324 e. The van der Waals surface area contributed by atoms with E-state index in [1.54, 1.807) is 0 Å². The number of hydrogen-bond acceptors (Lipinski definition) is 1. The molecule has 84 valence electrons. The van der Waals surface area contributed by atoms with E-state index in [1.165, 1.54) is 0 Å². The Balaban J connectivity index is 3.09. The highest BCUT2D eigenvalue weighted by atomic mass is 19.2. The third-order valence-electron chi connectivity index (χ3n) is 2.66. The summed E-state index contributed by atoms with van der Waals surface area (Å²) in [5.41, 5.74) is 5.77. The highest BCUT2D eigenvalue weighted by molar-refractivity contribution is 5.23. The van der Waals surface area contributed by atoms with Crippen LogP contribution >= 0.6 is 0 Å². The minimum Gasteiger partial charge on any atom is -0.324 e. The molecule has 2 N–H and O–H groups in total. The maximum absolute atomic E-state index is 13.3. The van der Waals surface area contributed by atoms with Crippen molar-refractivity contribution in [1.82, 2.24) is 0 Å². The zero-order chi connectivity index (χ0) is 11.6.